The summed E-state index contributed by atoms with van der Waals surface area (Å²) in [5.74, 6) is -0.942. The lowest BCUT2D eigenvalue weighted by atomic mass is 10.1. The molecule has 1 rings (SSSR count). The number of urea groups is 1. The van der Waals surface area contributed by atoms with Gasteiger partial charge in [-0.25, -0.2) is 4.79 Å². The Balaban J connectivity index is 2.76. The number of hydrogen-bond donors (Lipinski definition) is 2. The van der Waals surface area contributed by atoms with E-state index >= 15 is 0 Å². The first-order valence-corrected chi connectivity index (χ1v) is 6.74. The highest BCUT2D eigenvalue weighted by atomic mass is 16.4. The summed E-state index contributed by atoms with van der Waals surface area (Å²) in [6, 6.07) is 7.89. The molecule has 2 amide bonds. The Bertz CT molecular complexity index is 551. The average molecular weight is 289 g/mol. The number of hydrogen-bond acceptors (Lipinski definition) is 3. The van der Waals surface area contributed by atoms with Crippen molar-refractivity contribution in [1.82, 2.24) is 5.32 Å². The normalized spacial score (nSPS) is 11.3. The van der Waals surface area contributed by atoms with Gasteiger partial charge in [0.1, 0.15) is 0 Å². The Morgan fingerprint density at radius 3 is 2.76 bits per heavy atom. The molecule has 1 aromatic carbocycles. The summed E-state index contributed by atoms with van der Waals surface area (Å²) in [5, 5.41) is 20.4. The van der Waals surface area contributed by atoms with Crippen LogP contribution >= 0.6 is 0 Å². The second kappa shape index (κ2) is 7.90. The molecule has 1 atom stereocenters. The molecule has 2 N–H and O–H groups in total. The number of carboxylic acid groups (broad SMARTS) is 1. The van der Waals surface area contributed by atoms with Crippen molar-refractivity contribution in [2.45, 2.75) is 32.2 Å². The van der Waals surface area contributed by atoms with Gasteiger partial charge in [0.2, 0.25) is 0 Å². The first kappa shape index (κ1) is 16.5. The van der Waals surface area contributed by atoms with Crippen LogP contribution in [0, 0.1) is 11.3 Å². The van der Waals surface area contributed by atoms with E-state index in [-0.39, 0.29) is 12.5 Å². The average Bonchev–Trinajstić information content (AvgIpc) is 2.46. The van der Waals surface area contributed by atoms with E-state index in [4.69, 9.17) is 10.4 Å². The van der Waals surface area contributed by atoms with Crippen molar-refractivity contribution in [2.24, 2.45) is 0 Å². The van der Waals surface area contributed by atoms with E-state index in [2.05, 4.69) is 5.32 Å². The molecule has 0 bridgehead atoms. The van der Waals surface area contributed by atoms with Crippen LogP contribution in [-0.2, 0) is 4.79 Å². The van der Waals surface area contributed by atoms with Crippen molar-refractivity contribution < 1.29 is 14.7 Å². The first-order valence-electron chi connectivity index (χ1n) is 6.74. The Labute approximate surface area is 124 Å². The third-order valence-corrected chi connectivity index (χ3v) is 3.05. The summed E-state index contributed by atoms with van der Waals surface area (Å²) in [5.41, 5.74) is 1.04. The number of carbonyl (C=O) groups is 2. The minimum absolute atomic E-state index is 0.106. The van der Waals surface area contributed by atoms with Gasteiger partial charge in [-0.3, -0.25) is 9.69 Å². The molecular weight excluding hydrogens is 270 g/mol. The Kier molecular flexibility index (Phi) is 6.21. The number of carbonyl (C=O) groups excluding carboxylic acids is 1. The van der Waals surface area contributed by atoms with E-state index in [1.165, 1.54) is 4.90 Å². The number of benzene rings is 1. The fourth-order valence-corrected chi connectivity index (χ4v) is 1.96. The highest BCUT2D eigenvalue weighted by Gasteiger charge is 2.18. The van der Waals surface area contributed by atoms with Gasteiger partial charge in [0.05, 0.1) is 18.1 Å². The molecule has 6 nitrogen and oxygen atoms in total. The van der Waals surface area contributed by atoms with Crippen molar-refractivity contribution in [3.8, 4) is 6.07 Å². The van der Waals surface area contributed by atoms with Crippen molar-refractivity contribution >= 4 is 17.7 Å². The number of anilines is 1. The maximum Gasteiger partial charge on any atom is 0.321 e. The van der Waals surface area contributed by atoms with Gasteiger partial charge in [-0.1, -0.05) is 19.4 Å². The Hall–Kier alpha value is -2.55. The van der Waals surface area contributed by atoms with E-state index in [9.17, 15) is 9.59 Å². The second-order valence-electron chi connectivity index (χ2n) is 4.75. The van der Waals surface area contributed by atoms with Gasteiger partial charge in [0.15, 0.2) is 0 Å². The highest BCUT2D eigenvalue weighted by molar-refractivity contribution is 5.92. The second-order valence-corrected chi connectivity index (χ2v) is 4.75. The zero-order valence-corrected chi connectivity index (χ0v) is 12.2. The zero-order valence-electron chi connectivity index (χ0n) is 12.2. The van der Waals surface area contributed by atoms with Crippen LogP contribution < -0.4 is 10.2 Å². The van der Waals surface area contributed by atoms with E-state index in [0.29, 0.717) is 17.7 Å². The van der Waals surface area contributed by atoms with Crippen LogP contribution in [0.15, 0.2) is 24.3 Å². The number of carboxylic acids is 1. The lowest BCUT2D eigenvalue weighted by molar-refractivity contribution is -0.137. The molecular formula is C15H19N3O3. The molecule has 0 aliphatic rings. The van der Waals surface area contributed by atoms with Gasteiger partial charge in [0.25, 0.3) is 0 Å². The maximum atomic E-state index is 12.1. The lowest BCUT2D eigenvalue weighted by Crippen LogP contribution is -2.44. The molecule has 0 fully saturated rings. The smallest absolute Gasteiger partial charge is 0.321 e. The summed E-state index contributed by atoms with van der Waals surface area (Å²) >= 11 is 0. The number of nitrogens with zero attached hydrogens (tertiary/aromatic N) is 2. The number of aliphatic carboxylic acids is 1. The maximum absolute atomic E-state index is 12.1. The van der Waals surface area contributed by atoms with Crippen LogP contribution in [0.5, 0.6) is 0 Å². The van der Waals surface area contributed by atoms with Crippen LogP contribution in [0.4, 0.5) is 10.5 Å². The molecule has 0 heterocycles. The third-order valence-electron chi connectivity index (χ3n) is 3.05. The van der Waals surface area contributed by atoms with Crippen LogP contribution in [0.1, 0.15) is 31.7 Å². The predicted octanol–water partition coefficient (Wildman–Crippen LogP) is 2.35. The standard InChI is InChI=1S/C15H19N3O3/c1-3-5-12(9-14(19)20)17-15(21)18(2)13-7-4-6-11(8-13)10-16/h4,6-8,12H,3,5,9H2,1-2H3,(H,17,21)(H,19,20). The summed E-state index contributed by atoms with van der Waals surface area (Å²) in [6.45, 7) is 1.93. The summed E-state index contributed by atoms with van der Waals surface area (Å²) in [7, 11) is 1.58. The van der Waals surface area contributed by atoms with Gasteiger partial charge < -0.3 is 10.4 Å². The van der Waals surface area contributed by atoms with Crippen LogP contribution in [0.2, 0.25) is 0 Å². The van der Waals surface area contributed by atoms with E-state index < -0.39 is 12.0 Å². The van der Waals surface area contributed by atoms with Crippen molar-refractivity contribution in [3.63, 3.8) is 0 Å². The molecule has 0 radical (unpaired) electrons. The topological polar surface area (TPSA) is 93.4 Å². The molecule has 0 spiro atoms. The van der Waals surface area contributed by atoms with Gasteiger partial charge in [-0.05, 0) is 24.6 Å². The molecule has 0 aromatic heterocycles. The minimum atomic E-state index is -0.942. The molecule has 1 aromatic rings. The first-order chi connectivity index (χ1) is 9.97. The third kappa shape index (κ3) is 5.15. The molecule has 0 saturated heterocycles. The number of amides is 2. The number of nitriles is 1. The SMILES string of the molecule is CCCC(CC(=O)O)NC(=O)N(C)c1cccc(C#N)c1. The monoisotopic (exact) mass is 289 g/mol. The molecule has 0 saturated carbocycles. The van der Waals surface area contributed by atoms with E-state index in [0.717, 1.165) is 6.42 Å². The fraction of sp³-hybridized carbons (Fsp3) is 0.400. The van der Waals surface area contributed by atoms with Gasteiger partial charge >= 0.3 is 12.0 Å². The van der Waals surface area contributed by atoms with Crippen LogP contribution in [0.3, 0.4) is 0 Å². The predicted molar refractivity (Wildman–Crippen MR) is 79.0 cm³/mol. The molecule has 112 valence electrons. The number of rotatable bonds is 6. The highest BCUT2D eigenvalue weighted by Crippen LogP contribution is 2.15. The van der Waals surface area contributed by atoms with Crippen LogP contribution in [0.25, 0.3) is 0 Å². The zero-order chi connectivity index (χ0) is 15.8. The van der Waals surface area contributed by atoms with Crippen LogP contribution in [-0.4, -0.2) is 30.2 Å². The molecule has 21 heavy (non-hydrogen) atoms. The van der Waals surface area contributed by atoms with Gasteiger partial charge in [-0.2, -0.15) is 5.26 Å². The van der Waals surface area contributed by atoms with Gasteiger partial charge in [0, 0.05) is 18.8 Å². The van der Waals surface area contributed by atoms with Crippen molar-refractivity contribution in [3.05, 3.63) is 29.8 Å². The Morgan fingerprint density at radius 1 is 1.48 bits per heavy atom. The molecule has 0 aliphatic carbocycles. The minimum Gasteiger partial charge on any atom is -0.481 e. The number of nitrogens with one attached hydrogen (secondary N) is 1. The molecule has 1 unspecified atom stereocenters. The largest absolute Gasteiger partial charge is 0.481 e. The summed E-state index contributed by atoms with van der Waals surface area (Å²) in [6.07, 6.45) is 1.28. The molecule has 0 aliphatic heterocycles. The van der Waals surface area contributed by atoms with Crippen molar-refractivity contribution in [1.29, 1.82) is 5.26 Å². The Morgan fingerprint density at radius 2 is 2.19 bits per heavy atom. The summed E-state index contributed by atoms with van der Waals surface area (Å²) < 4.78 is 0. The van der Waals surface area contributed by atoms with Gasteiger partial charge in [-0.15, -0.1) is 0 Å². The lowest BCUT2D eigenvalue weighted by Gasteiger charge is -2.22. The van der Waals surface area contributed by atoms with E-state index in [1.54, 1.807) is 31.3 Å². The van der Waals surface area contributed by atoms with E-state index in [1.807, 2.05) is 13.0 Å². The van der Waals surface area contributed by atoms with Crippen molar-refractivity contribution in [2.75, 3.05) is 11.9 Å². The summed E-state index contributed by atoms with van der Waals surface area (Å²) in [4.78, 5) is 24.3. The fourth-order valence-electron chi connectivity index (χ4n) is 1.96. The molecule has 6 heteroatoms. The quantitative estimate of drug-likeness (QED) is 0.840.